The number of rotatable bonds is 0. The smallest absolute Gasteiger partial charge is 0.138 e. The Labute approximate surface area is 75.4 Å². The zero-order valence-electron chi connectivity index (χ0n) is 6.91. The minimum atomic E-state index is -0.117. The van der Waals surface area contributed by atoms with E-state index in [0.717, 1.165) is 16.6 Å². The summed E-state index contributed by atoms with van der Waals surface area (Å²) < 4.78 is 0. The van der Waals surface area contributed by atoms with E-state index in [9.17, 15) is 0 Å². The van der Waals surface area contributed by atoms with Crippen molar-refractivity contribution in [2.45, 2.75) is 0 Å². The predicted molar refractivity (Wildman–Crippen MR) is 50.1 cm³/mol. The van der Waals surface area contributed by atoms with E-state index in [1.165, 1.54) is 0 Å². The number of nitrogens with one attached hydrogen (secondary N) is 1. The fourth-order valence-electron chi connectivity index (χ4n) is 1.20. The maximum Gasteiger partial charge on any atom is 0.138 e. The van der Waals surface area contributed by atoms with Crippen LogP contribution in [0.5, 0.6) is 0 Å². The van der Waals surface area contributed by atoms with E-state index >= 15 is 0 Å². The molecule has 13 heavy (non-hydrogen) atoms. The number of hydrogen-bond donors (Lipinski definition) is 2. The molecule has 0 aromatic carbocycles. The first-order valence-corrected chi connectivity index (χ1v) is 3.93. The summed E-state index contributed by atoms with van der Waals surface area (Å²) in [5, 5.41) is 9.54. The lowest BCUT2D eigenvalue weighted by molar-refractivity contribution is 0.350. The third-order valence-electron chi connectivity index (χ3n) is 1.76. The van der Waals surface area contributed by atoms with Crippen molar-refractivity contribution < 1.29 is 5.11 Å². The lowest BCUT2D eigenvalue weighted by atomic mass is 10.2. The average Bonchev–Trinajstić information content (AvgIpc) is 2.62. The van der Waals surface area contributed by atoms with Crippen LogP contribution in [0.4, 0.5) is 0 Å². The molecule has 0 fully saturated rings. The molecule has 0 amide bonds. The Hall–Kier alpha value is -1.79. The number of hydrogen-bond acceptors (Lipinski definition) is 2. The highest BCUT2D eigenvalue weighted by atomic mass is 16.2. The topological polar surface area (TPSA) is 48.9 Å². The van der Waals surface area contributed by atoms with Gasteiger partial charge in [0.2, 0.25) is 0 Å². The molecule has 2 N–H and O–H groups in total. The number of pyridine rings is 1. The Morgan fingerprint density at radius 2 is 2.38 bits per heavy atom. The molecule has 0 saturated heterocycles. The van der Waals surface area contributed by atoms with Gasteiger partial charge < -0.3 is 10.1 Å². The van der Waals surface area contributed by atoms with Crippen molar-refractivity contribution in [3.8, 4) is 11.8 Å². The Balaban J connectivity index is 2.61. The van der Waals surface area contributed by atoms with Crippen LogP contribution in [-0.2, 0) is 0 Å². The third kappa shape index (κ3) is 1.40. The maximum absolute atomic E-state index is 8.55. The first-order chi connectivity index (χ1) is 6.42. The zero-order valence-corrected chi connectivity index (χ0v) is 6.91. The molecule has 0 unspecified atom stereocenters. The summed E-state index contributed by atoms with van der Waals surface area (Å²) in [6.45, 7) is -0.117. The van der Waals surface area contributed by atoms with Gasteiger partial charge in [0.25, 0.3) is 0 Å². The van der Waals surface area contributed by atoms with Crippen LogP contribution in [0, 0.1) is 11.8 Å². The summed E-state index contributed by atoms with van der Waals surface area (Å²) in [7, 11) is 0. The molecule has 3 nitrogen and oxygen atoms in total. The van der Waals surface area contributed by atoms with Crippen LogP contribution < -0.4 is 0 Å². The fourth-order valence-corrected chi connectivity index (χ4v) is 1.20. The standard InChI is InChI=1S/C10H8N2O/c13-7-1-2-8-3-5-11-10-9(8)4-6-12-10/h3-6,13H,7H2,(H,11,12). The lowest BCUT2D eigenvalue weighted by Crippen LogP contribution is -1.81. The van der Waals surface area contributed by atoms with Gasteiger partial charge in [0.05, 0.1) is 0 Å². The number of aromatic amines is 1. The second-order valence-corrected chi connectivity index (χ2v) is 2.56. The molecule has 0 aliphatic rings. The van der Waals surface area contributed by atoms with Gasteiger partial charge in [-0.2, -0.15) is 0 Å². The van der Waals surface area contributed by atoms with Crippen molar-refractivity contribution >= 4 is 11.0 Å². The van der Waals surface area contributed by atoms with Gasteiger partial charge in [0, 0.05) is 23.3 Å². The summed E-state index contributed by atoms with van der Waals surface area (Å²) in [5.74, 6) is 5.47. The highest BCUT2D eigenvalue weighted by Crippen LogP contribution is 2.13. The maximum atomic E-state index is 8.55. The van der Waals surface area contributed by atoms with E-state index in [1.54, 1.807) is 6.20 Å². The first kappa shape index (κ1) is 7.84. The first-order valence-electron chi connectivity index (χ1n) is 3.93. The third-order valence-corrected chi connectivity index (χ3v) is 1.76. The molecule has 2 rings (SSSR count). The molecule has 0 aliphatic carbocycles. The minimum Gasteiger partial charge on any atom is -0.384 e. The van der Waals surface area contributed by atoms with Gasteiger partial charge in [0.15, 0.2) is 0 Å². The van der Waals surface area contributed by atoms with E-state index in [0.29, 0.717) is 0 Å². The number of aliphatic hydroxyl groups is 1. The quantitative estimate of drug-likeness (QED) is 0.580. The Morgan fingerprint density at radius 1 is 1.46 bits per heavy atom. The molecule has 64 valence electrons. The van der Waals surface area contributed by atoms with Crippen LogP contribution >= 0.6 is 0 Å². The van der Waals surface area contributed by atoms with Gasteiger partial charge in [-0.15, -0.1) is 0 Å². The van der Waals surface area contributed by atoms with Crippen LogP contribution in [0.25, 0.3) is 11.0 Å². The van der Waals surface area contributed by atoms with Gasteiger partial charge in [0.1, 0.15) is 12.3 Å². The van der Waals surface area contributed by atoms with Crippen molar-refractivity contribution in [3.63, 3.8) is 0 Å². The van der Waals surface area contributed by atoms with E-state index < -0.39 is 0 Å². The molecule has 0 aliphatic heterocycles. The summed E-state index contributed by atoms with van der Waals surface area (Å²) in [5.41, 5.74) is 1.71. The lowest BCUT2D eigenvalue weighted by Gasteiger charge is -1.91. The largest absolute Gasteiger partial charge is 0.384 e. The van der Waals surface area contributed by atoms with Crippen LogP contribution in [0.15, 0.2) is 24.5 Å². The van der Waals surface area contributed by atoms with Gasteiger partial charge in [-0.05, 0) is 12.1 Å². The van der Waals surface area contributed by atoms with Gasteiger partial charge in [-0.25, -0.2) is 4.98 Å². The molecule has 0 atom stereocenters. The van der Waals surface area contributed by atoms with Gasteiger partial charge >= 0.3 is 0 Å². The number of fused-ring (bicyclic) bond motifs is 1. The van der Waals surface area contributed by atoms with E-state index in [1.807, 2.05) is 18.3 Å². The van der Waals surface area contributed by atoms with Crippen LogP contribution in [0.2, 0.25) is 0 Å². The molecule has 2 aromatic heterocycles. The molecule has 0 saturated carbocycles. The van der Waals surface area contributed by atoms with E-state index in [4.69, 9.17) is 5.11 Å². The van der Waals surface area contributed by atoms with E-state index in [2.05, 4.69) is 21.8 Å². The highest BCUT2D eigenvalue weighted by molar-refractivity contribution is 5.82. The summed E-state index contributed by atoms with van der Waals surface area (Å²) in [6.07, 6.45) is 3.52. The normalized spacial score (nSPS) is 9.62. The molecular formula is C10H8N2O. The van der Waals surface area contributed by atoms with Gasteiger partial charge in [-0.3, -0.25) is 0 Å². The highest BCUT2D eigenvalue weighted by Gasteiger charge is 1.98. The van der Waals surface area contributed by atoms with Crippen molar-refractivity contribution in [1.82, 2.24) is 9.97 Å². The Morgan fingerprint density at radius 3 is 3.23 bits per heavy atom. The molecule has 0 spiro atoms. The molecule has 2 aromatic rings. The monoisotopic (exact) mass is 172 g/mol. The van der Waals surface area contributed by atoms with Crippen molar-refractivity contribution in [1.29, 1.82) is 0 Å². The number of nitrogens with zero attached hydrogens (tertiary/aromatic N) is 1. The Kier molecular flexibility index (Phi) is 1.99. The average molecular weight is 172 g/mol. The molecule has 3 heteroatoms. The summed E-state index contributed by atoms with van der Waals surface area (Å²) in [4.78, 5) is 7.12. The van der Waals surface area contributed by atoms with Crippen LogP contribution in [0.3, 0.4) is 0 Å². The Bertz CT molecular complexity index is 476. The zero-order chi connectivity index (χ0) is 9.10. The van der Waals surface area contributed by atoms with Gasteiger partial charge in [-0.1, -0.05) is 11.8 Å². The summed E-state index contributed by atoms with van der Waals surface area (Å²) in [6, 6.07) is 3.75. The predicted octanol–water partition coefficient (Wildman–Crippen LogP) is 0.907. The van der Waals surface area contributed by atoms with Crippen molar-refractivity contribution in [2.75, 3.05) is 6.61 Å². The SMILES string of the molecule is OCC#Cc1ccnc2[nH]ccc12. The van der Waals surface area contributed by atoms with Crippen molar-refractivity contribution in [2.24, 2.45) is 0 Å². The van der Waals surface area contributed by atoms with Crippen molar-refractivity contribution in [3.05, 3.63) is 30.1 Å². The molecule has 0 radical (unpaired) electrons. The number of H-pyrrole nitrogens is 1. The summed E-state index contributed by atoms with van der Waals surface area (Å²) >= 11 is 0. The molecular weight excluding hydrogens is 164 g/mol. The fraction of sp³-hybridized carbons (Fsp3) is 0.100. The second kappa shape index (κ2) is 3.30. The number of aliphatic hydroxyl groups excluding tert-OH is 1. The van der Waals surface area contributed by atoms with Crippen LogP contribution in [-0.4, -0.2) is 21.7 Å². The second-order valence-electron chi connectivity index (χ2n) is 2.56. The number of aromatic nitrogens is 2. The van der Waals surface area contributed by atoms with E-state index in [-0.39, 0.29) is 6.61 Å². The minimum absolute atomic E-state index is 0.117. The molecule has 0 bridgehead atoms. The van der Waals surface area contributed by atoms with Crippen LogP contribution in [0.1, 0.15) is 5.56 Å². The molecule has 2 heterocycles.